The van der Waals surface area contributed by atoms with Crippen molar-refractivity contribution in [3.8, 4) is 57.5 Å². The molecule has 0 radical (unpaired) electrons. The quantitative estimate of drug-likeness (QED) is 0.240. The number of phenols is 2. The van der Waals surface area contributed by atoms with Crippen LogP contribution in [0.25, 0.3) is 0 Å². The summed E-state index contributed by atoms with van der Waals surface area (Å²) < 4.78 is 54.5. The molecule has 57 heavy (non-hydrogen) atoms. The third-order valence-corrected chi connectivity index (χ3v) is 7.11. The fraction of sp³-hybridized carbons (Fsp3) is 0.745. The average molecular weight is 805 g/mol. The highest BCUT2D eigenvalue weighted by Crippen LogP contribution is 2.65. The summed E-state index contributed by atoms with van der Waals surface area (Å²) in [5, 5.41) is 24.8. The SMILES string of the molecule is CC(C)(C)Oc1c(O)c(OC(C)(C)C)c(OC(C)(C)C)c(C(C)(C)c2c(OC(C)(C)C)c(OC(C)(C)C)c(O)c(OC(C)(C)C)c2OC(C)(C)C)c1OC(C)(C)C. The number of phenolic OH excluding ortho intramolecular Hbond substituents is 2. The van der Waals surface area contributed by atoms with Gasteiger partial charge >= 0.3 is 0 Å². The first-order chi connectivity index (χ1) is 24.8. The van der Waals surface area contributed by atoms with Crippen LogP contribution in [0.2, 0.25) is 0 Å². The van der Waals surface area contributed by atoms with E-state index < -0.39 is 50.2 Å². The maximum Gasteiger partial charge on any atom is 0.208 e. The third kappa shape index (κ3) is 14.3. The molecule has 2 N–H and O–H groups in total. The number of hydrogen-bond acceptors (Lipinski definition) is 10. The standard InChI is InChI=1S/C47H80O10/c1-39(2,3)50-31-27(32(51-40(4,5)6)36(55-44(16,17)18)29(48)35(31)54-43(13,14)15)47(25,26)28-33(52-41(7,8)9)37(56-45(19,20)21)30(49)38(57-46(22,23)24)34(28)53-42(10,11)12/h48-49H,1-26H3. The number of rotatable bonds is 10. The van der Waals surface area contributed by atoms with Crippen LogP contribution in [0.15, 0.2) is 0 Å². The minimum Gasteiger partial charge on any atom is -0.501 e. The van der Waals surface area contributed by atoms with Crippen LogP contribution < -0.4 is 37.9 Å². The van der Waals surface area contributed by atoms with Gasteiger partial charge in [-0.25, -0.2) is 0 Å². The minimum absolute atomic E-state index is 0.0775. The van der Waals surface area contributed by atoms with Crippen LogP contribution in [0.4, 0.5) is 0 Å². The molecule has 0 aliphatic carbocycles. The molecule has 2 aromatic carbocycles. The summed E-state index contributed by atoms with van der Waals surface area (Å²) in [4.78, 5) is 0. The van der Waals surface area contributed by atoms with E-state index in [0.29, 0.717) is 11.1 Å². The van der Waals surface area contributed by atoms with Gasteiger partial charge in [-0.2, -0.15) is 0 Å². The Morgan fingerprint density at radius 3 is 0.474 bits per heavy atom. The zero-order valence-electron chi connectivity index (χ0n) is 40.7. The molecule has 0 atom stereocenters. The van der Waals surface area contributed by atoms with Crippen molar-refractivity contribution in [3.05, 3.63) is 11.1 Å². The highest BCUT2D eigenvalue weighted by atomic mass is 16.6. The second kappa shape index (κ2) is 15.6. The topological polar surface area (TPSA) is 114 Å². The first-order valence-corrected chi connectivity index (χ1v) is 20.2. The Bertz CT molecular complexity index is 1490. The molecule has 0 unspecified atom stereocenters. The lowest BCUT2D eigenvalue weighted by atomic mass is 9.74. The third-order valence-electron chi connectivity index (χ3n) is 7.11. The van der Waals surface area contributed by atoms with Gasteiger partial charge in [-0.15, -0.1) is 0 Å². The molecular weight excluding hydrogens is 725 g/mol. The van der Waals surface area contributed by atoms with Gasteiger partial charge in [0.2, 0.25) is 34.5 Å². The molecule has 10 heteroatoms. The Labute approximate surface area is 346 Å². The normalized spacial score (nSPS) is 13.9. The predicted octanol–water partition coefficient (Wildman–Crippen LogP) is 12.8. The smallest absolute Gasteiger partial charge is 0.208 e. The zero-order chi connectivity index (χ0) is 45.1. The van der Waals surface area contributed by atoms with Gasteiger partial charge in [0, 0.05) is 5.41 Å². The van der Waals surface area contributed by atoms with Crippen LogP contribution in [0, 0.1) is 0 Å². The molecule has 0 spiro atoms. The van der Waals surface area contributed by atoms with Gasteiger partial charge in [-0.1, -0.05) is 13.8 Å². The molecule has 328 valence electrons. The Kier molecular flexibility index (Phi) is 13.5. The number of aromatic hydroxyl groups is 2. The van der Waals surface area contributed by atoms with Crippen LogP contribution in [-0.2, 0) is 5.41 Å². The lowest BCUT2D eigenvalue weighted by molar-refractivity contribution is 0.0684. The van der Waals surface area contributed by atoms with Crippen molar-refractivity contribution < 1.29 is 48.1 Å². The van der Waals surface area contributed by atoms with Crippen LogP contribution >= 0.6 is 0 Å². The van der Waals surface area contributed by atoms with Crippen molar-refractivity contribution in [3.63, 3.8) is 0 Å². The van der Waals surface area contributed by atoms with Gasteiger partial charge in [0.15, 0.2) is 23.0 Å². The van der Waals surface area contributed by atoms with E-state index in [1.54, 1.807) is 0 Å². The second-order valence-corrected chi connectivity index (χ2v) is 23.4. The van der Waals surface area contributed by atoms with E-state index in [9.17, 15) is 10.2 Å². The van der Waals surface area contributed by atoms with Crippen LogP contribution in [0.1, 0.15) is 191 Å². The summed E-state index contributed by atoms with van der Waals surface area (Å²) in [5.74, 6) is 0.692. The summed E-state index contributed by atoms with van der Waals surface area (Å²) in [7, 11) is 0. The average Bonchev–Trinajstić information content (AvgIpc) is 2.87. The number of benzene rings is 2. The van der Waals surface area contributed by atoms with Crippen molar-refractivity contribution in [1.29, 1.82) is 0 Å². The molecular formula is C47H80O10. The molecule has 2 rings (SSSR count). The maximum absolute atomic E-state index is 12.4. The van der Waals surface area contributed by atoms with Crippen molar-refractivity contribution in [2.24, 2.45) is 0 Å². The van der Waals surface area contributed by atoms with Crippen molar-refractivity contribution in [2.45, 2.75) is 230 Å². The molecule has 0 aromatic heterocycles. The Hall–Kier alpha value is -3.56. The van der Waals surface area contributed by atoms with E-state index in [0.717, 1.165) is 0 Å². The zero-order valence-corrected chi connectivity index (χ0v) is 40.7. The number of hydrogen-bond donors (Lipinski definition) is 2. The van der Waals surface area contributed by atoms with E-state index in [1.165, 1.54) is 0 Å². The van der Waals surface area contributed by atoms with Gasteiger partial charge < -0.3 is 48.1 Å². The van der Waals surface area contributed by atoms with Gasteiger partial charge in [-0.3, -0.25) is 0 Å². The Morgan fingerprint density at radius 1 is 0.228 bits per heavy atom. The monoisotopic (exact) mass is 805 g/mol. The highest BCUT2D eigenvalue weighted by Gasteiger charge is 2.48. The largest absolute Gasteiger partial charge is 0.501 e. The van der Waals surface area contributed by atoms with Gasteiger partial charge in [0.05, 0.1) is 11.1 Å². The summed E-state index contributed by atoms with van der Waals surface area (Å²) in [5.41, 5.74) is -6.71. The van der Waals surface area contributed by atoms with E-state index in [2.05, 4.69) is 0 Å². The van der Waals surface area contributed by atoms with Gasteiger partial charge in [0.1, 0.15) is 44.8 Å². The van der Waals surface area contributed by atoms with E-state index in [4.69, 9.17) is 37.9 Å². The van der Waals surface area contributed by atoms with Crippen LogP contribution in [0.5, 0.6) is 57.5 Å². The molecule has 2 aromatic rings. The number of ether oxygens (including phenoxy) is 8. The summed E-state index contributed by atoms with van der Waals surface area (Å²) >= 11 is 0. The molecule has 0 saturated heterocycles. The first-order valence-electron chi connectivity index (χ1n) is 20.2. The fourth-order valence-corrected chi connectivity index (χ4v) is 5.77. The van der Waals surface area contributed by atoms with Crippen molar-refractivity contribution >= 4 is 0 Å². The predicted molar refractivity (Wildman–Crippen MR) is 231 cm³/mol. The highest BCUT2D eigenvalue weighted by molar-refractivity contribution is 5.78. The lowest BCUT2D eigenvalue weighted by Gasteiger charge is -2.41. The molecule has 0 aliphatic rings. The van der Waals surface area contributed by atoms with E-state index >= 15 is 0 Å². The Morgan fingerprint density at radius 2 is 0.351 bits per heavy atom. The minimum atomic E-state index is -1.28. The van der Waals surface area contributed by atoms with Crippen molar-refractivity contribution in [2.75, 3.05) is 0 Å². The Balaban J connectivity index is 3.80. The van der Waals surface area contributed by atoms with Gasteiger partial charge in [0.25, 0.3) is 0 Å². The molecule has 0 amide bonds. The molecule has 0 bridgehead atoms. The lowest BCUT2D eigenvalue weighted by Crippen LogP contribution is -2.35. The fourth-order valence-electron chi connectivity index (χ4n) is 5.77. The summed E-state index contributed by atoms with van der Waals surface area (Å²) in [6.07, 6.45) is 0. The van der Waals surface area contributed by atoms with Crippen LogP contribution in [-0.4, -0.2) is 55.0 Å². The van der Waals surface area contributed by atoms with E-state index in [-0.39, 0.29) is 57.5 Å². The molecule has 10 nitrogen and oxygen atoms in total. The second-order valence-electron chi connectivity index (χ2n) is 23.4. The van der Waals surface area contributed by atoms with E-state index in [1.807, 2.05) is 180 Å². The molecule has 0 heterocycles. The summed E-state index contributed by atoms with van der Waals surface area (Å²) in [6, 6.07) is 0. The molecule has 0 fully saturated rings. The first kappa shape index (κ1) is 49.6. The van der Waals surface area contributed by atoms with Crippen LogP contribution in [0.3, 0.4) is 0 Å². The van der Waals surface area contributed by atoms with Gasteiger partial charge in [-0.05, 0) is 166 Å². The molecule has 0 aliphatic heterocycles. The van der Waals surface area contributed by atoms with Crippen molar-refractivity contribution in [1.82, 2.24) is 0 Å². The maximum atomic E-state index is 12.4. The molecule has 0 saturated carbocycles. The summed E-state index contributed by atoms with van der Waals surface area (Å²) in [6.45, 7) is 50.0.